The summed E-state index contributed by atoms with van der Waals surface area (Å²) in [5.41, 5.74) is 0. The van der Waals surface area contributed by atoms with E-state index in [0.717, 1.165) is 0 Å². The van der Waals surface area contributed by atoms with Gasteiger partial charge in [0, 0.05) is 10.6 Å². The second kappa shape index (κ2) is 5.72. The first-order valence-corrected chi connectivity index (χ1v) is 7.58. The van der Waals surface area contributed by atoms with Crippen LogP contribution in [0.4, 0.5) is 4.79 Å². The molecule has 2 rings (SSSR count). The molecule has 1 N–H and O–H groups in total. The Morgan fingerprint density at radius 2 is 1.37 bits per heavy atom. The van der Waals surface area contributed by atoms with Crippen LogP contribution in [0.1, 0.15) is 0 Å². The highest BCUT2D eigenvalue weighted by molar-refractivity contribution is 7.78. The molecule has 0 bridgehead atoms. The van der Waals surface area contributed by atoms with E-state index >= 15 is 0 Å². The maximum atomic E-state index is 13.1. The van der Waals surface area contributed by atoms with Crippen LogP contribution in [0.5, 0.6) is 0 Å². The number of ether oxygens (including phenoxy) is 1. The van der Waals surface area contributed by atoms with Gasteiger partial charge in [0.15, 0.2) is 13.5 Å². The van der Waals surface area contributed by atoms with Gasteiger partial charge in [-0.2, -0.15) is 0 Å². The zero-order chi connectivity index (χ0) is 13.7. The minimum absolute atomic E-state index is 0.351. The van der Waals surface area contributed by atoms with E-state index in [1.54, 1.807) is 48.5 Å². The molecule has 0 heterocycles. The Bertz CT molecular complexity index is 552. The average molecular weight is 276 g/mol. The smallest absolute Gasteiger partial charge is 0.450 e. The van der Waals surface area contributed by atoms with Gasteiger partial charge >= 0.3 is 6.16 Å². The summed E-state index contributed by atoms with van der Waals surface area (Å²) in [5.74, 6) is 0. The number of hydrogen-bond acceptors (Lipinski definition) is 3. The lowest BCUT2D eigenvalue weighted by atomic mass is 10.4. The van der Waals surface area contributed by atoms with E-state index in [0.29, 0.717) is 10.6 Å². The highest BCUT2D eigenvalue weighted by Gasteiger charge is 2.28. The van der Waals surface area contributed by atoms with E-state index < -0.39 is 13.3 Å². The monoisotopic (exact) mass is 276 g/mol. The molecule has 0 aliphatic rings. The van der Waals surface area contributed by atoms with E-state index in [1.165, 1.54) is 0 Å². The van der Waals surface area contributed by atoms with Gasteiger partial charge in [-0.3, -0.25) is 0 Å². The van der Waals surface area contributed by atoms with Gasteiger partial charge in [-0.1, -0.05) is 60.7 Å². The van der Waals surface area contributed by atoms with Gasteiger partial charge < -0.3 is 14.4 Å². The quantitative estimate of drug-likeness (QED) is 0.688. The second-order valence-electron chi connectivity index (χ2n) is 3.95. The molecule has 98 valence electrons. The number of carboxylic acid groups (broad SMARTS) is 1. The van der Waals surface area contributed by atoms with Crippen LogP contribution in [0.2, 0.25) is 0 Å². The Hall–Kier alpha value is -2.06. The van der Waals surface area contributed by atoms with E-state index in [-0.39, 0.29) is 6.35 Å². The molecule has 5 heteroatoms. The van der Waals surface area contributed by atoms with Gasteiger partial charge in [-0.15, -0.1) is 0 Å². The van der Waals surface area contributed by atoms with Crippen LogP contribution in [0.15, 0.2) is 60.7 Å². The maximum Gasteiger partial charge on any atom is 0.506 e. The highest BCUT2D eigenvalue weighted by Crippen LogP contribution is 2.43. The van der Waals surface area contributed by atoms with Crippen LogP contribution in [0, 0.1) is 0 Å². The Labute approximate surface area is 111 Å². The first-order valence-electron chi connectivity index (χ1n) is 5.69. The molecule has 0 fully saturated rings. The molecular formula is C14H13O4P. The molecular weight excluding hydrogens is 263 g/mol. The fourth-order valence-electron chi connectivity index (χ4n) is 1.78. The van der Waals surface area contributed by atoms with Crippen molar-refractivity contribution >= 4 is 23.9 Å². The number of hydrogen-bond donors (Lipinski definition) is 1. The van der Waals surface area contributed by atoms with Crippen molar-refractivity contribution in [2.45, 2.75) is 0 Å². The van der Waals surface area contributed by atoms with Crippen molar-refractivity contribution in [2.75, 3.05) is 6.35 Å². The molecule has 2 aromatic rings. The summed E-state index contributed by atoms with van der Waals surface area (Å²) in [6.07, 6.45) is -1.77. The standard InChI is InChI=1S/C14H13O4P/c15-14(16)18-11-19(17,12-7-3-1-4-8-12)13-9-5-2-6-10-13/h1-10H,11H2,(H,15,16). The number of benzene rings is 2. The third-order valence-electron chi connectivity index (χ3n) is 2.72. The summed E-state index contributed by atoms with van der Waals surface area (Å²) in [5, 5.41) is 9.80. The van der Waals surface area contributed by atoms with Crippen LogP contribution in [-0.4, -0.2) is 17.6 Å². The molecule has 4 nitrogen and oxygen atoms in total. The lowest BCUT2D eigenvalue weighted by molar-refractivity contribution is 0.107. The lowest BCUT2D eigenvalue weighted by Gasteiger charge is -2.18. The summed E-state index contributed by atoms with van der Waals surface area (Å²) in [6, 6.07) is 17.6. The van der Waals surface area contributed by atoms with Crippen molar-refractivity contribution in [1.29, 1.82) is 0 Å². The van der Waals surface area contributed by atoms with Crippen LogP contribution in [-0.2, 0) is 9.30 Å². The summed E-state index contributed by atoms with van der Waals surface area (Å²) < 4.78 is 17.7. The minimum atomic E-state index is -3.08. The fraction of sp³-hybridized carbons (Fsp3) is 0.0714. The predicted octanol–water partition coefficient (Wildman–Crippen LogP) is 2.65. The molecule has 0 aliphatic carbocycles. The van der Waals surface area contributed by atoms with Crippen molar-refractivity contribution in [2.24, 2.45) is 0 Å². The summed E-state index contributed by atoms with van der Waals surface area (Å²) >= 11 is 0. The Morgan fingerprint density at radius 3 is 1.74 bits per heavy atom. The Balaban J connectivity index is 2.45. The van der Waals surface area contributed by atoms with Crippen LogP contribution in [0.25, 0.3) is 0 Å². The van der Waals surface area contributed by atoms with Gasteiger partial charge in [0.25, 0.3) is 0 Å². The molecule has 0 saturated carbocycles. The lowest BCUT2D eigenvalue weighted by Crippen LogP contribution is -2.20. The number of carbonyl (C=O) groups is 1. The number of rotatable bonds is 4. The maximum absolute atomic E-state index is 13.1. The molecule has 0 aromatic heterocycles. The SMILES string of the molecule is O=C(O)OCP(=O)(c1ccccc1)c1ccccc1. The molecule has 0 spiro atoms. The molecule has 0 saturated heterocycles. The molecule has 0 aliphatic heterocycles. The van der Waals surface area contributed by atoms with E-state index in [1.807, 2.05) is 12.1 Å². The van der Waals surface area contributed by atoms with E-state index in [4.69, 9.17) is 5.11 Å². The molecule has 0 radical (unpaired) electrons. The predicted molar refractivity (Wildman–Crippen MR) is 73.7 cm³/mol. The molecule has 2 aromatic carbocycles. The third-order valence-corrected chi connectivity index (χ3v) is 5.47. The average Bonchev–Trinajstić information content (AvgIpc) is 2.46. The summed E-state index contributed by atoms with van der Waals surface area (Å²) in [7, 11) is -3.08. The zero-order valence-electron chi connectivity index (χ0n) is 10.1. The Kier molecular flexibility index (Phi) is 4.03. The minimum Gasteiger partial charge on any atom is -0.450 e. The van der Waals surface area contributed by atoms with Crippen molar-refractivity contribution in [1.82, 2.24) is 0 Å². The normalized spacial score (nSPS) is 10.9. The second-order valence-corrected chi connectivity index (χ2v) is 6.72. The van der Waals surface area contributed by atoms with Gasteiger partial charge in [0.05, 0.1) is 0 Å². The highest BCUT2D eigenvalue weighted by atomic mass is 31.2. The summed E-state index contributed by atoms with van der Waals surface area (Å²) in [6.45, 7) is 0. The van der Waals surface area contributed by atoms with E-state index in [2.05, 4.69) is 4.74 Å². The molecule has 0 atom stereocenters. The molecule has 0 unspecified atom stereocenters. The Morgan fingerprint density at radius 1 is 0.947 bits per heavy atom. The van der Waals surface area contributed by atoms with Gasteiger partial charge in [-0.25, -0.2) is 4.79 Å². The van der Waals surface area contributed by atoms with Crippen molar-refractivity contribution in [3.8, 4) is 0 Å². The molecule has 0 amide bonds. The van der Waals surface area contributed by atoms with Crippen molar-refractivity contribution < 1.29 is 19.2 Å². The van der Waals surface area contributed by atoms with Crippen LogP contribution >= 0.6 is 7.14 Å². The van der Waals surface area contributed by atoms with Gasteiger partial charge in [-0.05, 0) is 0 Å². The molecule has 19 heavy (non-hydrogen) atoms. The van der Waals surface area contributed by atoms with Crippen molar-refractivity contribution in [3.05, 3.63) is 60.7 Å². The first kappa shape index (κ1) is 13.4. The summed E-state index contributed by atoms with van der Waals surface area (Å²) in [4.78, 5) is 10.6. The van der Waals surface area contributed by atoms with Crippen LogP contribution < -0.4 is 10.6 Å². The third kappa shape index (κ3) is 3.04. The van der Waals surface area contributed by atoms with Crippen LogP contribution in [0.3, 0.4) is 0 Å². The fourth-order valence-corrected chi connectivity index (χ4v) is 3.98. The zero-order valence-corrected chi connectivity index (χ0v) is 11.0. The topological polar surface area (TPSA) is 63.6 Å². The first-order chi connectivity index (χ1) is 9.13. The van der Waals surface area contributed by atoms with Gasteiger partial charge in [0.1, 0.15) is 0 Å². The largest absolute Gasteiger partial charge is 0.506 e. The van der Waals surface area contributed by atoms with Gasteiger partial charge in [0.2, 0.25) is 0 Å². The van der Waals surface area contributed by atoms with E-state index in [9.17, 15) is 9.36 Å². The van der Waals surface area contributed by atoms with Crippen molar-refractivity contribution in [3.63, 3.8) is 0 Å².